The first-order valence-electron chi connectivity index (χ1n) is 19.4. The van der Waals surface area contributed by atoms with Gasteiger partial charge in [-0.2, -0.15) is 0 Å². The van der Waals surface area contributed by atoms with E-state index in [-0.39, 0.29) is 0 Å². The molecule has 1 aliphatic rings. The minimum atomic E-state index is 0.518. The third-order valence-electron chi connectivity index (χ3n) is 10.7. The van der Waals surface area contributed by atoms with Crippen LogP contribution in [-0.4, -0.2) is 18.4 Å². The number of hydrogen-bond acceptors (Lipinski definition) is 2. The van der Waals surface area contributed by atoms with Gasteiger partial charge in [0.05, 0.1) is 6.54 Å². The number of amidine groups is 2. The number of nitrogens with zero attached hydrogens (tertiary/aromatic N) is 3. The molecule has 4 heteroatoms. The number of rotatable bonds is 6. The average Bonchev–Trinajstić information content (AvgIpc) is 3.66. The molecule has 0 N–H and O–H groups in total. The van der Waals surface area contributed by atoms with Crippen molar-refractivity contribution < 1.29 is 4.42 Å². The van der Waals surface area contributed by atoms with Gasteiger partial charge < -0.3 is 4.42 Å². The smallest absolute Gasteiger partial charge is 0.161 e. The molecule has 8 aromatic carbocycles. The molecular weight excluding hydrogens is 683 g/mol. The maximum atomic E-state index is 6.49. The van der Waals surface area contributed by atoms with Crippen molar-refractivity contribution in [3.63, 3.8) is 0 Å². The molecular formula is C52H41N3O. The highest BCUT2D eigenvalue weighted by atomic mass is 16.3. The Morgan fingerprint density at radius 3 is 2.09 bits per heavy atom. The van der Waals surface area contributed by atoms with Gasteiger partial charge in [-0.1, -0.05) is 147 Å². The molecule has 0 saturated heterocycles. The molecule has 0 radical (unpaired) electrons. The summed E-state index contributed by atoms with van der Waals surface area (Å²) in [5.41, 5.74) is 11.9. The molecule has 0 bridgehead atoms. The molecule has 10 rings (SSSR count). The van der Waals surface area contributed by atoms with Crippen molar-refractivity contribution in [1.82, 2.24) is 0 Å². The zero-order chi connectivity index (χ0) is 38.0. The van der Waals surface area contributed by atoms with Crippen LogP contribution in [0.15, 0.2) is 177 Å². The Hall–Kier alpha value is -6.91. The zero-order valence-corrected chi connectivity index (χ0v) is 31.7. The van der Waals surface area contributed by atoms with Gasteiger partial charge in [0.2, 0.25) is 0 Å². The summed E-state index contributed by atoms with van der Waals surface area (Å²) in [5.74, 6) is 1.17. The van der Waals surface area contributed by atoms with Crippen LogP contribution in [0.2, 0.25) is 0 Å². The number of hydrogen-bond donors (Lipinski definition) is 0. The predicted molar refractivity (Wildman–Crippen MR) is 239 cm³/mol. The van der Waals surface area contributed by atoms with Gasteiger partial charge in [0.15, 0.2) is 11.7 Å². The normalized spacial score (nSPS) is 13.0. The lowest BCUT2D eigenvalue weighted by Gasteiger charge is -2.13. The first-order chi connectivity index (χ1) is 27.7. The molecule has 0 aliphatic heterocycles. The Morgan fingerprint density at radius 1 is 0.571 bits per heavy atom. The summed E-state index contributed by atoms with van der Waals surface area (Å²) >= 11 is 0. The molecule has 0 unspecified atom stereocenters. The van der Waals surface area contributed by atoms with Gasteiger partial charge in [-0.25, -0.2) is 9.98 Å². The summed E-state index contributed by atoms with van der Waals surface area (Å²) in [4.78, 5) is 14.5. The van der Waals surface area contributed by atoms with Crippen LogP contribution >= 0.6 is 0 Å². The van der Waals surface area contributed by atoms with Gasteiger partial charge in [-0.05, 0) is 110 Å². The lowest BCUT2D eigenvalue weighted by Crippen LogP contribution is -2.07. The molecule has 56 heavy (non-hydrogen) atoms. The van der Waals surface area contributed by atoms with E-state index in [0.29, 0.717) is 18.2 Å². The van der Waals surface area contributed by atoms with Crippen molar-refractivity contribution in [3.05, 3.63) is 186 Å². The molecule has 270 valence electrons. The second-order valence-corrected chi connectivity index (χ2v) is 14.0. The summed E-state index contributed by atoms with van der Waals surface area (Å²) in [5, 5.41) is 7.19. The van der Waals surface area contributed by atoms with Crippen LogP contribution in [0, 0.1) is 0 Å². The Kier molecular flexibility index (Phi) is 9.38. The number of aryl methyl sites for hydroxylation is 1. The summed E-state index contributed by atoms with van der Waals surface area (Å²) in [6.45, 7) is 8.44. The minimum absolute atomic E-state index is 0.518. The van der Waals surface area contributed by atoms with Crippen LogP contribution in [0.1, 0.15) is 48.1 Å². The van der Waals surface area contributed by atoms with Crippen LogP contribution in [0.3, 0.4) is 0 Å². The van der Waals surface area contributed by atoms with Gasteiger partial charge in [0.25, 0.3) is 0 Å². The molecule has 0 fully saturated rings. The van der Waals surface area contributed by atoms with Crippen LogP contribution in [0.4, 0.5) is 0 Å². The van der Waals surface area contributed by atoms with E-state index in [4.69, 9.17) is 14.4 Å². The Balaban J connectivity index is 0.00000202. The summed E-state index contributed by atoms with van der Waals surface area (Å²) in [6.07, 6.45) is 6.55. The fraction of sp³-hybridized carbons (Fsp3) is 0.0962. The second kappa shape index (κ2) is 15.1. The van der Waals surface area contributed by atoms with Gasteiger partial charge in [-0.3, -0.25) is 4.99 Å². The molecule has 0 saturated carbocycles. The molecule has 1 aliphatic carbocycles. The van der Waals surface area contributed by atoms with Gasteiger partial charge in [0.1, 0.15) is 11.2 Å². The molecule has 9 aromatic rings. The molecule has 1 aromatic heterocycles. The third-order valence-corrected chi connectivity index (χ3v) is 10.7. The quantitative estimate of drug-likeness (QED) is 0.0957. The van der Waals surface area contributed by atoms with E-state index in [1.807, 2.05) is 32.0 Å². The average molecular weight is 724 g/mol. The standard InChI is InChI=1S/C50H35N3O.C2H6/c1-51-49(53-50(52-31-32-11-4-2-5-12-32)39-24-21-34-15-8-9-16-37(34)27-39)36-22-19-35(20-23-36)38-25-26-41-43(28-38)42-17-10-18-45-47(42)48-44(41)29-40(30-46(48)54-45)33-13-6-3-7-14-33;1-2/h2-7,9-14,16-30H,1,8,15,31H2;1-2H3. The molecule has 0 spiro atoms. The van der Waals surface area contributed by atoms with Crippen LogP contribution < -0.4 is 0 Å². The number of benzene rings is 8. The monoisotopic (exact) mass is 723 g/mol. The summed E-state index contributed by atoms with van der Waals surface area (Å²) in [6, 6.07) is 53.4. The molecule has 1 heterocycles. The number of aliphatic imine (C=N–C) groups is 3. The highest BCUT2D eigenvalue weighted by molar-refractivity contribution is 6.33. The zero-order valence-electron chi connectivity index (χ0n) is 31.7. The molecule has 0 atom stereocenters. The SMILES string of the molecule is C=NC(=NC(=NCc1ccccc1)c1ccc2c(c1)C=CCC2)c1ccc(-c2ccc3c(c2)c2cccc4oc5cc(-c6ccccc6)cc3c5c42)cc1.CC. The largest absolute Gasteiger partial charge is 0.456 e. The summed E-state index contributed by atoms with van der Waals surface area (Å²) in [7, 11) is 0. The van der Waals surface area contributed by atoms with E-state index in [1.54, 1.807) is 0 Å². The van der Waals surface area contributed by atoms with Crippen LogP contribution in [0.5, 0.6) is 0 Å². The van der Waals surface area contributed by atoms with Gasteiger partial charge in [0, 0.05) is 21.9 Å². The lowest BCUT2D eigenvalue weighted by molar-refractivity contribution is 0.669. The fourth-order valence-corrected chi connectivity index (χ4v) is 7.97. The van der Waals surface area contributed by atoms with E-state index >= 15 is 0 Å². The van der Waals surface area contributed by atoms with E-state index in [2.05, 4.69) is 157 Å². The van der Waals surface area contributed by atoms with Crippen LogP contribution in [-0.2, 0) is 13.0 Å². The fourth-order valence-electron chi connectivity index (χ4n) is 7.97. The highest BCUT2D eigenvalue weighted by Gasteiger charge is 2.19. The van der Waals surface area contributed by atoms with Crippen molar-refractivity contribution in [3.8, 4) is 22.3 Å². The van der Waals surface area contributed by atoms with Crippen molar-refractivity contribution >= 4 is 67.9 Å². The number of furan rings is 1. The maximum absolute atomic E-state index is 6.49. The van der Waals surface area contributed by atoms with E-state index in [1.165, 1.54) is 49.0 Å². The van der Waals surface area contributed by atoms with Gasteiger partial charge >= 0.3 is 0 Å². The lowest BCUT2D eigenvalue weighted by atomic mass is 9.90. The maximum Gasteiger partial charge on any atom is 0.161 e. The van der Waals surface area contributed by atoms with Crippen molar-refractivity contribution in [2.45, 2.75) is 33.2 Å². The molecule has 0 amide bonds. The first-order valence-corrected chi connectivity index (χ1v) is 19.4. The Bertz CT molecular complexity index is 2950. The van der Waals surface area contributed by atoms with E-state index < -0.39 is 0 Å². The topological polar surface area (TPSA) is 50.2 Å². The predicted octanol–water partition coefficient (Wildman–Crippen LogP) is 13.7. The number of allylic oxidation sites excluding steroid dienone is 1. The van der Waals surface area contributed by atoms with Crippen molar-refractivity contribution in [2.75, 3.05) is 0 Å². The van der Waals surface area contributed by atoms with Crippen molar-refractivity contribution in [1.29, 1.82) is 0 Å². The minimum Gasteiger partial charge on any atom is -0.456 e. The Morgan fingerprint density at radius 2 is 1.29 bits per heavy atom. The van der Waals surface area contributed by atoms with E-state index in [0.717, 1.165) is 57.4 Å². The highest BCUT2D eigenvalue weighted by Crippen LogP contribution is 2.45. The Labute approximate surface area is 327 Å². The molecule has 4 nitrogen and oxygen atoms in total. The van der Waals surface area contributed by atoms with E-state index in [9.17, 15) is 0 Å². The summed E-state index contributed by atoms with van der Waals surface area (Å²) < 4.78 is 6.49. The third kappa shape index (κ3) is 6.39. The second-order valence-electron chi connectivity index (χ2n) is 14.0. The number of fused-ring (bicyclic) bond motifs is 4. The van der Waals surface area contributed by atoms with Gasteiger partial charge in [-0.15, -0.1) is 0 Å². The van der Waals surface area contributed by atoms with Crippen molar-refractivity contribution in [2.24, 2.45) is 15.0 Å². The van der Waals surface area contributed by atoms with Crippen LogP contribution in [0.25, 0.3) is 71.8 Å². The first kappa shape index (κ1) is 34.8.